The Hall–Kier alpha value is -3.21. The molecular weight excluding hydrogens is 426 g/mol. The Morgan fingerprint density at radius 1 is 0.939 bits per heavy atom. The number of carbonyl (C=O) groups is 1. The highest BCUT2D eigenvalue weighted by Gasteiger charge is 2.12. The monoisotopic (exact) mass is 455 g/mol. The van der Waals surface area contributed by atoms with E-state index in [-0.39, 0.29) is 5.78 Å². The van der Waals surface area contributed by atoms with Crippen LogP contribution in [0.5, 0.6) is 0 Å². The van der Waals surface area contributed by atoms with Gasteiger partial charge < -0.3 is 10.4 Å². The second-order valence-corrected chi connectivity index (χ2v) is 9.54. The maximum atomic E-state index is 12.8. The molecule has 4 heteroatoms. The molecule has 0 aliphatic rings. The van der Waals surface area contributed by atoms with Gasteiger partial charge in [-0.2, -0.15) is 0 Å². The van der Waals surface area contributed by atoms with E-state index >= 15 is 0 Å². The maximum absolute atomic E-state index is 12.8. The number of Topliss-reactive ketones (excluding diaryl/α,β-unsaturated/α-hetero) is 1. The zero-order valence-corrected chi connectivity index (χ0v) is 20.1. The SMILES string of the molecule is Cc1cccc(CCC(=O)c2ccc(-c3cccc(Nc4cccc(C(C)O)c4)c3)s2)c1C. The summed E-state index contributed by atoms with van der Waals surface area (Å²) in [6.45, 7) is 6.00. The molecule has 3 nitrogen and oxygen atoms in total. The van der Waals surface area contributed by atoms with Crippen LogP contribution in [0.25, 0.3) is 10.4 Å². The molecule has 168 valence electrons. The molecule has 1 heterocycles. The third-order valence-electron chi connectivity index (χ3n) is 6.02. The quantitative estimate of drug-likeness (QED) is 0.268. The molecule has 0 aliphatic heterocycles. The summed E-state index contributed by atoms with van der Waals surface area (Å²) < 4.78 is 0. The number of benzene rings is 3. The lowest BCUT2D eigenvalue weighted by molar-refractivity contribution is 0.0986. The molecule has 0 aliphatic carbocycles. The highest BCUT2D eigenvalue weighted by atomic mass is 32.1. The third-order valence-corrected chi connectivity index (χ3v) is 7.20. The standard InChI is InChI=1S/C29H29NO2S/c1-19-7-4-8-22(20(19)2)13-14-27(32)29-16-15-28(33-29)24-10-6-12-26(18-24)30-25-11-5-9-23(17-25)21(3)31/h4-12,15-18,21,30-31H,13-14H2,1-3H3. The van der Waals surface area contributed by atoms with E-state index in [0.717, 1.165) is 38.7 Å². The number of hydrogen-bond acceptors (Lipinski definition) is 4. The molecule has 0 amide bonds. The number of anilines is 2. The molecule has 0 saturated carbocycles. The Kier molecular flexibility index (Phi) is 7.07. The fourth-order valence-electron chi connectivity index (χ4n) is 3.89. The topological polar surface area (TPSA) is 49.3 Å². The lowest BCUT2D eigenvalue weighted by Gasteiger charge is -2.11. The Bertz CT molecular complexity index is 1270. The van der Waals surface area contributed by atoms with Crippen LogP contribution in [0.4, 0.5) is 11.4 Å². The van der Waals surface area contributed by atoms with Crippen LogP contribution in [0, 0.1) is 13.8 Å². The zero-order valence-electron chi connectivity index (χ0n) is 19.3. The van der Waals surface area contributed by atoms with E-state index < -0.39 is 6.10 Å². The summed E-state index contributed by atoms with van der Waals surface area (Å²) in [5.41, 5.74) is 7.64. The first-order valence-corrected chi connectivity index (χ1v) is 12.1. The summed E-state index contributed by atoms with van der Waals surface area (Å²) in [5, 5.41) is 13.2. The minimum Gasteiger partial charge on any atom is -0.389 e. The molecule has 0 spiro atoms. The largest absolute Gasteiger partial charge is 0.389 e. The summed E-state index contributed by atoms with van der Waals surface area (Å²) in [5.74, 6) is 0.191. The van der Waals surface area contributed by atoms with Crippen LogP contribution in [0.15, 0.2) is 78.9 Å². The lowest BCUT2D eigenvalue weighted by Crippen LogP contribution is -2.00. The molecule has 0 saturated heterocycles. The fraction of sp³-hybridized carbons (Fsp3) is 0.207. The first kappa shape index (κ1) is 23.0. The van der Waals surface area contributed by atoms with Gasteiger partial charge in [-0.25, -0.2) is 0 Å². The van der Waals surface area contributed by atoms with Crippen molar-refractivity contribution in [1.29, 1.82) is 0 Å². The van der Waals surface area contributed by atoms with Gasteiger partial charge in [0.1, 0.15) is 0 Å². The van der Waals surface area contributed by atoms with Crippen molar-refractivity contribution in [1.82, 2.24) is 0 Å². The van der Waals surface area contributed by atoms with Crippen LogP contribution in [-0.4, -0.2) is 10.9 Å². The highest BCUT2D eigenvalue weighted by molar-refractivity contribution is 7.17. The predicted octanol–water partition coefficient (Wildman–Crippen LogP) is 7.64. The van der Waals surface area contributed by atoms with Gasteiger partial charge in [-0.3, -0.25) is 4.79 Å². The summed E-state index contributed by atoms with van der Waals surface area (Å²) in [4.78, 5) is 14.7. The normalized spacial score (nSPS) is 11.9. The van der Waals surface area contributed by atoms with Gasteiger partial charge >= 0.3 is 0 Å². The molecule has 4 aromatic rings. The summed E-state index contributed by atoms with van der Waals surface area (Å²) in [6, 6.07) is 26.2. The van der Waals surface area contributed by atoms with Gasteiger partial charge in [0.2, 0.25) is 0 Å². The highest BCUT2D eigenvalue weighted by Crippen LogP contribution is 2.32. The van der Waals surface area contributed by atoms with Crippen LogP contribution in [0.2, 0.25) is 0 Å². The number of aryl methyl sites for hydroxylation is 2. The molecule has 4 rings (SSSR count). The maximum Gasteiger partial charge on any atom is 0.173 e. The van der Waals surface area contributed by atoms with E-state index in [0.29, 0.717) is 6.42 Å². The number of aliphatic hydroxyl groups is 1. The summed E-state index contributed by atoms with van der Waals surface area (Å²) in [6.07, 6.45) is 0.783. The van der Waals surface area contributed by atoms with E-state index in [9.17, 15) is 9.90 Å². The number of hydrogen-bond donors (Lipinski definition) is 2. The molecule has 0 fully saturated rings. The zero-order chi connectivity index (χ0) is 23.4. The number of aliphatic hydroxyl groups excluding tert-OH is 1. The molecule has 1 aromatic heterocycles. The number of nitrogens with one attached hydrogen (secondary N) is 1. The third kappa shape index (κ3) is 5.59. The van der Waals surface area contributed by atoms with Gasteiger partial charge in [-0.15, -0.1) is 11.3 Å². The average Bonchev–Trinajstić information content (AvgIpc) is 3.31. The molecule has 2 N–H and O–H groups in total. The van der Waals surface area contributed by atoms with Gasteiger partial charge in [-0.1, -0.05) is 42.5 Å². The molecule has 0 bridgehead atoms. The molecule has 33 heavy (non-hydrogen) atoms. The fourth-order valence-corrected chi connectivity index (χ4v) is 4.86. The van der Waals surface area contributed by atoms with Crippen LogP contribution >= 0.6 is 11.3 Å². The second-order valence-electron chi connectivity index (χ2n) is 8.45. The lowest BCUT2D eigenvalue weighted by atomic mass is 9.98. The van der Waals surface area contributed by atoms with Gasteiger partial charge in [0.25, 0.3) is 0 Å². The van der Waals surface area contributed by atoms with E-state index in [1.54, 1.807) is 18.3 Å². The smallest absolute Gasteiger partial charge is 0.173 e. The van der Waals surface area contributed by atoms with Crippen molar-refractivity contribution in [3.05, 3.63) is 106 Å². The number of thiophene rings is 1. The first-order chi connectivity index (χ1) is 15.9. The number of carbonyl (C=O) groups excluding carboxylic acids is 1. The Balaban J connectivity index is 1.45. The molecule has 0 radical (unpaired) electrons. The summed E-state index contributed by atoms with van der Waals surface area (Å²) >= 11 is 1.55. The summed E-state index contributed by atoms with van der Waals surface area (Å²) in [7, 11) is 0. The molecule has 3 aromatic carbocycles. The Morgan fingerprint density at radius 2 is 1.67 bits per heavy atom. The van der Waals surface area contributed by atoms with E-state index in [1.165, 1.54) is 16.7 Å². The van der Waals surface area contributed by atoms with Crippen molar-refractivity contribution in [3.63, 3.8) is 0 Å². The minimum absolute atomic E-state index is 0.191. The van der Waals surface area contributed by atoms with Gasteiger partial charge in [0, 0.05) is 22.7 Å². The average molecular weight is 456 g/mol. The Labute approximate surface area is 199 Å². The van der Waals surface area contributed by atoms with Gasteiger partial charge in [0.05, 0.1) is 11.0 Å². The number of rotatable bonds is 8. The van der Waals surface area contributed by atoms with Crippen LogP contribution < -0.4 is 5.32 Å². The molecule has 1 atom stereocenters. The molecule has 1 unspecified atom stereocenters. The Morgan fingerprint density at radius 3 is 2.45 bits per heavy atom. The van der Waals surface area contributed by atoms with Gasteiger partial charge in [0.15, 0.2) is 5.78 Å². The first-order valence-electron chi connectivity index (χ1n) is 11.2. The van der Waals surface area contributed by atoms with Crippen LogP contribution in [-0.2, 0) is 6.42 Å². The van der Waals surface area contributed by atoms with Crippen LogP contribution in [0.3, 0.4) is 0 Å². The van der Waals surface area contributed by atoms with Crippen molar-refractivity contribution in [3.8, 4) is 10.4 Å². The second kappa shape index (κ2) is 10.2. The van der Waals surface area contributed by atoms with Crippen molar-refractivity contribution >= 4 is 28.5 Å². The van der Waals surface area contributed by atoms with Crippen molar-refractivity contribution < 1.29 is 9.90 Å². The van der Waals surface area contributed by atoms with Crippen LogP contribution in [0.1, 0.15) is 51.4 Å². The predicted molar refractivity (Wildman–Crippen MR) is 139 cm³/mol. The van der Waals surface area contributed by atoms with Crippen molar-refractivity contribution in [2.45, 2.75) is 39.7 Å². The minimum atomic E-state index is -0.505. The van der Waals surface area contributed by atoms with Crippen molar-refractivity contribution in [2.75, 3.05) is 5.32 Å². The van der Waals surface area contributed by atoms with E-state index in [2.05, 4.69) is 49.5 Å². The van der Waals surface area contributed by atoms with Gasteiger partial charge in [-0.05, 0) is 91.4 Å². The van der Waals surface area contributed by atoms with Crippen molar-refractivity contribution in [2.24, 2.45) is 0 Å². The number of ketones is 1. The molecular formula is C29H29NO2S. The van der Waals surface area contributed by atoms with E-state index in [1.807, 2.05) is 48.5 Å². The van der Waals surface area contributed by atoms with E-state index in [4.69, 9.17) is 0 Å².